The third kappa shape index (κ3) is 1.46. The van der Waals surface area contributed by atoms with Crippen molar-refractivity contribution in [1.82, 2.24) is 9.03 Å². The molecule has 0 aromatic carbocycles. The minimum Gasteiger partial charge on any atom is -0.395 e. The predicted octanol–water partition coefficient (Wildman–Crippen LogP) is -1.87. The number of aliphatic hydroxyl groups is 1. The molecule has 0 radical (unpaired) electrons. The van der Waals surface area contributed by atoms with Crippen LogP contribution >= 0.6 is 0 Å². The molecule has 6 heteroatoms. The SMILES string of the molecule is O=S1(=O)NCCN1CCO. The van der Waals surface area contributed by atoms with E-state index in [9.17, 15) is 8.42 Å². The molecule has 0 spiro atoms. The molecule has 0 aromatic rings. The molecule has 0 atom stereocenters. The molecule has 1 fully saturated rings. The lowest BCUT2D eigenvalue weighted by Gasteiger charge is -2.09. The molecule has 60 valence electrons. The highest BCUT2D eigenvalue weighted by Crippen LogP contribution is 2.01. The van der Waals surface area contributed by atoms with Gasteiger partial charge >= 0.3 is 0 Å². The van der Waals surface area contributed by atoms with Gasteiger partial charge in [0.25, 0.3) is 10.2 Å². The van der Waals surface area contributed by atoms with Crippen LogP contribution in [0.1, 0.15) is 0 Å². The summed E-state index contributed by atoms with van der Waals surface area (Å²) in [6.45, 7) is 0.974. The molecule has 10 heavy (non-hydrogen) atoms. The third-order valence-corrected chi connectivity index (χ3v) is 2.95. The van der Waals surface area contributed by atoms with E-state index in [1.165, 1.54) is 4.31 Å². The van der Waals surface area contributed by atoms with Crippen molar-refractivity contribution >= 4 is 10.2 Å². The Hall–Kier alpha value is -0.170. The van der Waals surface area contributed by atoms with Crippen LogP contribution < -0.4 is 4.72 Å². The van der Waals surface area contributed by atoms with Gasteiger partial charge in [-0.05, 0) is 0 Å². The summed E-state index contributed by atoms with van der Waals surface area (Å²) in [4.78, 5) is 0. The minimum absolute atomic E-state index is 0.124. The molecular weight excluding hydrogens is 156 g/mol. The average Bonchev–Trinajstić information content (AvgIpc) is 2.13. The second-order valence-electron chi connectivity index (χ2n) is 2.02. The highest BCUT2D eigenvalue weighted by Gasteiger charge is 2.26. The van der Waals surface area contributed by atoms with E-state index in [1.54, 1.807) is 0 Å². The summed E-state index contributed by atoms with van der Waals surface area (Å²) in [6.07, 6.45) is 0. The second-order valence-corrected chi connectivity index (χ2v) is 3.78. The van der Waals surface area contributed by atoms with E-state index in [1.807, 2.05) is 0 Å². The summed E-state index contributed by atoms with van der Waals surface area (Å²) >= 11 is 0. The summed E-state index contributed by atoms with van der Waals surface area (Å²) in [5.74, 6) is 0. The van der Waals surface area contributed by atoms with Gasteiger partial charge < -0.3 is 5.11 Å². The quantitative estimate of drug-likeness (QED) is 0.505. The highest BCUT2D eigenvalue weighted by atomic mass is 32.2. The van der Waals surface area contributed by atoms with Crippen molar-refractivity contribution < 1.29 is 13.5 Å². The Kier molecular flexibility index (Phi) is 2.24. The summed E-state index contributed by atoms with van der Waals surface area (Å²) < 4.78 is 25.2. The molecule has 2 N–H and O–H groups in total. The van der Waals surface area contributed by atoms with E-state index in [2.05, 4.69) is 4.72 Å². The number of hydrogen-bond acceptors (Lipinski definition) is 3. The van der Waals surface area contributed by atoms with Crippen LogP contribution in [0.25, 0.3) is 0 Å². The maximum absolute atomic E-state index is 10.9. The van der Waals surface area contributed by atoms with Crippen molar-refractivity contribution in [1.29, 1.82) is 0 Å². The number of aliphatic hydroxyl groups excluding tert-OH is 1. The van der Waals surface area contributed by atoms with E-state index in [0.29, 0.717) is 13.1 Å². The van der Waals surface area contributed by atoms with Crippen LogP contribution in [0.4, 0.5) is 0 Å². The predicted molar refractivity (Wildman–Crippen MR) is 35.6 cm³/mol. The zero-order valence-electron chi connectivity index (χ0n) is 5.45. The van der Waals surface area contributed by atoms with Gasteiger partial charge in [0.1, 0.15) is 0 Å². The van der Waals surface area contributed by atoms with Gasteiger partial charge in [-0.1, -0.05) is 0 Å². The van der Waals surface area contributed by atoms with Crippen LogP contribution in [0, 0.1) is 0 Å². The molecule has 1 saturated heterocycles. The van der Waals surface area contributed by atoms with Crippen molar-refractivity contribution in [2.24, 2.45) is 0 Å². The van der Waals surface area contributed by atoms with Gasteiger partial charge in [0, 0.05) is 19.6 Å². The fourth-order valence-electron chi connectivity index (χ4n) is 0.854. The van der Waals surface area contributed by atoms with Crippen molar-refractivity contribution in [3.8, 4) is 0 Å². The van der Waals surface area contributed by atoms with E-state index in [-0.39, 0.29) is 13.2 Å². The zero-order chi connectivity index (χ0) is 7.61. The topological polar surface area (TPSA) is 69.6 Å². The number of nitrogens with zero attached hydrogens (tertiary/aromatic N) is 1. The molecule has 0 bridgehead atoms. The maximum Gasteiger partial charge on any atom is 0.279 e. The molecule has 0 aromatic heterocycles. The molecule has 1 heterocycles. The fraction of sp³-hybridized carbons (Fsp3) is 1.00. The Balaban J connectivity index is 2.60. The van der Waals surface area contributed by atoms with Crippen molar-refractivity contribution in [3.05, 3.63) is 0 Å². The molecule has 0 saturated carbocycles. The first-order valence-electron chi connectivity index (χ1n) is 3.02. The molecule has 5 nitrogen and oxygen atoms in total. The van der Waals surface area contributed by atoms with Gasteiger partial charge in [0.2, 0.25) is 0 Å². The number of rotatable bonds is 2. The van der Waals surface area contributed by atoms with Gasteiger partial charge in [-0.25, -0.2) is 4.72 Å². The average molecular weight is 166 g/mol. The Morgan fingerprint density at radius 1 is 1.60 bits per heavy atom. The van der Waals surface area contributed by atoms with Gasteiger partial charge in [0.15, 0.2) is 0 Å². The lowest BCUT2D eigenvalue weighted by Crippen LogP contribution is -2.31. The van der Waals surface area contributed by atoms with E-state index < -0.39 is 10.2 Å². The van der Waals surface area contributed by atoms with Crippen molar-refractivity contribution in [2.75, 3.05) is 26.2 Å². The Morgan fingerprint density at radius 3 is 2.70 bits per heavy atom. The first kappa shape index (κ1) is 7.93. The number of hydrogen-bond donors (Lipinski definition) is 2. The van der Waals surface area contributed by atoms with E-state index in [4.69, 9.17) is 5.11 Å². The first-order valence-corrected chi connectivity index (χ1v) is 4.46. The fourth-order valence-corrected chi connectivity index (χ4v) is 2.04. The normalized spacial score (nSPS) is 25.3. The van der Waals surface area contributed by atoms with Crippen LogP contribution in [0.5, 0.6) is 0 Å². The molecule has 0 amide bonds. The molecule has 1 aliphatic heterocycles. The molecular formula is C4H10N2O3S. The van der Waals surface area contributed by atoms with Crippen molar-refractivity contribution in [2.45, 2.75) is 0 Å². The van der Waals surface area contributed by atoms with Crippen molar-refractivity contribution in [3.63, 3.8) is 0 Å². The minimum atomic E-state index is -3.23. The van der Waals surface area contributed by atoms with Crippen LogP contribution in [-0.4, -0.2) is 44.1 Å². The molecule has 1 aliphatic rings. The standard InChI is InChI=1S/C4H10N2O3S/c7-4-3-6-2-1-5-10(6,8)9/h5,7H,1-4H2. The Morgan fingerprint density at radius 2 is 2.30 bits per heavy atom. The highest BCUT2D eigenvalue weighted by molar-refractivity contribution is 7.87. The second kappa shape index (κ2) is 2.83. The molecule has 0 unspecified atom stereocenters. The van der Waals surface area contributed by atoms with Gasteiger partial charge in [-0.2, -0.15) is 12.7 Å². The summed E-state index contributed by atoms with van der Waals surface area (Å²) in [7, 11) is -3.23. The first-order chi connectivity index (χ1) is 4.67. The summed E-state index contributed by atoms with van der Waals surface area (Å²) in [5, 5.41) is 8.43. The maximum atomic E-state index is 10.9. The van der Waals surface area contributed by atoms with E-state index in [0.717, 1.165) is 0 Å². The zero-order valence-corrected chi connectivity index (χ0v) is 6.26. The Labute approximate surface area is 59.8 Å². The van der Waals surface area contributed by atoms with E-state index >= 15 is 0 Å². The summed E-state index contributed by atoms with van der Waals surface area (Å²) in [6, 6.07) is 0. The van der Waals surface area contributed by atoms with Crippen LogP contribution in [0.2, 0.25) is 0 Å². The largest absolute Gasteiger partial charge is 0.395 e. The molecule has 1 rings (SSSR count). The third-order valence-electron chi connectivity index (χ3n) is 1.33. The van der Waals surface area contributed by atoms with Gasteiger partial charge in [-0.3, -0.25) is 0 Å². The van der Waals surface area contributed by atoms with Crippen LogP contribution in [-0.2, 0) is 10.2 Å². The van der Waals surface area contributed by atoms with Gasteiger partial charge in [0.05, 0.1) is 6.61 Å². The molecule has 0 aliphatic carbocycles. The number of β-amino-alcohol motifs (C(OH)–C–C–N with tert-alkyl or cyclic N) is 1. The van der Waals surface area contributed by atoms with Crippen LogP contribution in [0.15, 0.2) is 0 Å². The Bertz CT molecular complexity index is 201. The lowest BCUT2D eigenvalue weighted by atomic mass is 10.6. The van der Waals surface area contributed by atoms with Gasteiger partial charge in [-0.15, -0.1) is 0 Å². The van der Waals surface area contributed by atoms with Crippen LogP contribution in [0.3, 0.4) is 0 Å². The smallest absolute Gasteiger partial charge is 0.279 e. The number of nitrogens with one attached hydrogen (secondary N) is 1. The monoisotopic (exact) mass is 166 g/mol. The summed E-state index contributed by atoms with van der Waals surface area (Å²) in [5.41, 5.74) is 0. The lowest BCUT2D eigenvalue weighted by molar-refractivity contribution is 0.260.